The number of H-pyrrole nitrogens is 1. The van der Waals surface area contributed by atoms with Crippen molar-refractivity contribution in [1.29, 1.82) is 0 Å². The van der Waals surface area contributed by atoms with Crippen molar-refractivity contribution < 1.29 is 22.7 Å². The van der Waals surface area contributed by atoms with Crippen molar-refractivity contribution in [2.75, 3.05) is 26.0 Å². The molecule has 0 aromatic carbocycles. The highest BCUT2D eigenvalue weighted by atomic mass is 32.2. The van der Waals surface area contributed by atoms with E-state index in [1.54, 1.807) is 6.92 Å². The lowest BCUT2D eigenvalue weighted by Crippen LogP contribution is -2.45. The normalized spacial score (nSPS) is 19.4. The van der Waals surface area contributed by atoms with Gasteiger partial charge in [-0.15, -0.1) is 0 Å². The Morgan fingerprint density at radius 1 is 1.43 bits per heavy atom. The van der Waals surface area contributed by atoms with Crippen molar-refractivity contribution in [3.63, 3.8) is 0 Å². The van der Waals surface area contributed by atoms with Crippen LogP contribution < -0.4 is 0 Å². The Kier molecular flexibility index (Phi) is 3.70. The summed E-state index contributed by atoms with van der Waals surface area (Å²) in [6.07, 6.45) is 2.83. The van der Waals surface area contributed by atoms with Gasteiger partial charge in [0.1, 0.15) is 5.69 Å². The first kappa shape index (κ1) is 16.0. The molecular weight excluding hydrogens is 322 g/mol. The third-order valence-electron chi connectivity index (χ3n) is 4.54. The SMILES string of the molecule is CCOC(=O)c1[nH]nc2c1CCN(CC1(S(C)(=O)=O)CC1)C2=O. The van der Waals surface area contributed by atoms with E-state index in [0.717, 1.165) is 0 Å². The number of hydrogen-bond donors (Lipinski definition) is 1. The topological polar surface area (TPSA) is 109 Å². The number of amides is 1. The molecule has 1 aromatic heterocycles. The van der Waals surface area contributed by atoms with Crippen LogP contribution in [0.3, 0.4) is 0 Å². The van der Waals surface area contributed by atoms with Crippen LogP contribution in [0, 0.1) is 0 Å². The van der Waals surface area contributed by atoms with E-state index in [9.17, 15) is 18.0 Å². The summed E-state index contributed by atoms with van der Waals surface area (Å²) < 4.78 is 27.9. The van der Waals surface area contributed by atoms with Crippen LogP contribution in [0.1, 0.15) is 46.3 Å². The third-order valence-corrected chi connectivity index (χ3v) is 6.65. The van der Waals surface area contributed by atoms with Crippen molar-refractivity contribution in [2.45, 2.75) is 30.9 Å². The van der Waals surface area contributed by atoms with E-state index in [0.29, 0.717) is 31.4 Å². The van der Waals surface area contributed by atoms with E-state index < -0.39 is 20.6 Å². The first-order valence-corrected chi connectivity index (χ1v) is 9.41. The minimum Gasteiger partial charge on any atom is -0.461 e. The zero-order chi connectivity index (χ0) is 16.8. The summed E-state index contributed by atoms with van der Waals surface area (Å²) >= 11 is 0. The predicted octanol–water partition coefficient (Wildman–Crippen LogP) is 0.162. The van der Waals surface area contributed by atoms with Crippen molar-refractivity contribution in [1.82, 2.24) is 15.1 Å². The van der Waals surface area contributed by atoms with E-state index in [2.05, 4.69) is 10.2 Å². The molecule has 1 aliphatic heterocycles. The smallest absolute Gasteiger partial charge is 0.356 e. The summed E-state index contributed by atoms with van der Waals surface area (Å²) in [6, 6.07) is 0. The summed E-state index contributed by atoms with van der Waals surface area (Å²) in [4.78, 5) is 25.9. The second kappa shape index (κ2) is 5.33. The van der Waals surface area contributed by atoms with Crippen LogP contribution in [0.5, 0.6) is 0 Å². The third kappa shape index (κ3) is 2.62. The molecule has 0 bridgehead atoms. The van der Waals surface area contributed by atoms with Gasteiger partial charge < -0.3 is 9.64 Å². The molecule has 9 heteroatoms. The molecule has 0 atom stereocenters. The average Bonchev–Trinajstić information content (AvgIpc) is 3.13. The van der Waals surface area contributed by atoms with Gasteiger partial charge in [0, 0.05) is 24.9 Å². The van der Waals surface area contributed by atoms with Crippen molar-refractivity contribution in [3.05, 3.63) is 17.0 Å². The van der Waals surface area contributed by atoms with E-state index in [4.69, 9.17) is 4.74 Å². The molecule has 1 N–H and O–H groups in total. The summed E-state index contributed by atoms with van der Waals surface area (Å²) in [6.45, 7) is 2.50. The number of rotatable bonds is 5. The zero-order valence-corrected chi connectivity index (χ0v) is 13.9. The van der Waals surface area contributed by atoms with Crippen LogP contribution in [-0.4, -0.2) is 66.1 Å². The Morgan fingerprint density at radius 3 is 2.70 bits per heavy atom. The Hall–Kier alpha value is -1.90. The van der Waals surface area contributed by atoms with Gasteiger partial charge in [-0.1, -0.05) is 0 Å². The predicted molar refractivity (Wildman–Crippen MR) is 81.0 cm³/mol. The fourth-order valence-electron chi connectivity index (χ4n) is 2.94. The number of aromatic amines is 1. The number of hydrogen-bond acceptors (Lipinski definition) is 6. The highest BCUT2D eigenvalue weighted by molar-refractivity contribution is 7.92. The first-order valence-electron chi connectivity index (χ1n) is 7.52. The maximum atomic E-state index is 12.5. The molecule has 1 aliphatic carbocycles. The van der Waals surface area contributed by atoms with E-state index in [1.165, 1.54) is 11.2 Å². The fourth-order valence-corrected chi connectivity index (χ4v) is 4.17. The number of esters is 1. The highest BCUT2D eigenvalue weighted by Crippen LogP contribution is 2.44. The summed E-state index contributed by atoms with van der Waals surface area (Å²) in [7, 11) is -3.20. The Balaban J connectivity index is 1.81. The number of carbonyl (C=O) groups excluding carboxylic acids is 2. The number of sulfone groups is 1. The highest BCUT2D eigenvalue weighted by Gasteiger charge is 2.54. The van der Waals surface area contributed by atoms with Gasteiger partial charge in [-0.25, -0.2) is 13.2 Å². The van der Waals surface area contributed by atoms with Gasteiger partial charge >= 0.3 is 5.97 Å². The van der Waals surface area contributed by atoms with Gasteiger partial charge in [0.15, 0.2) is 15.5 Å². The molecule has 0 unspecified atom stereocenters. The molecule has 0 spiro atoms. The number of carbonyl (C=O) groups is 2. The molecule has 3 rings (SSSR count). The molecule has 23 heavy (non-hydrogen) atoms. The van der Waals surface area contributed by atoms with Crippen LogP contribution in [0.15, 0.2) is 0 Å². The minimum absolute atomic E-state index is 0.184. The Bertz CT molecular complexity index is 763. The molecule has 1 saturated carbocycles. The number of ether oxygens (including phenoxy) is 1. The molecule has 8 nitrogen and oxygen atoms in total. The fraction of sp³-hybridized carbons (Fsp3) is 0.643. The molecule has 2 aliphatic rings. The number of nitrogens with one attached hydrogen (secondary N) is 1. The Labute approximate surface area is 134 Å². The van der Waals surface area contributed by atoms with Gasteiger partial charge in [-0.3, -0.25) is 9.89 Å². The maximum absolute atomic E-state index is 12.5. The van der Waals surface area contributed by atoms with Gasteiger partial charge in [0.2, 0.25) is 0 Å². The lowest BCUT2D eigenvalue weighted by atomic mass is 10.0. The van der Waals surface area contributed by atoms with E-state index >= 15 is 0 Å². The van der Waals surface area contributed by atoms with E-state index in [1.807, 2.05) is 0 Å². The molecule has 2 heterocycles. The maximum Gasteiger partial charge on any atom is 0.356 e. The Morgan fingerprint density at radius 2 is 2.13 bits per heavy atom. The molecule has 126 valence electrons. The summed E-state index contributed by atoms with van der Waals surface area (Å²) in [5, 5.41) is 6.51. The van der Waals surface area contributed by atoms with Crippen LogP contribution in [0.2, 0.25) is 0 Å². The second-order valence-corrected chi connectivity index (χ2v) is 8.49. The van der Waals surface area contributed by atoms with Gasteiger partial charge in [0.25, 0.3) is 5.91 Å². The van der Waals surface area contributed by atoms with Crippen LogP contribution in [0.4, 0.5) is 0 Å². The lowest BCUT2D eigenvalue weighted by Gasteiger charge is -2.29. The molecule has 1 amide bonds. The van der Waals surface area contributed by atoms with Gasteiger partial charge in [0.05, 0.1) is 11.4 Å². The van der Waals surface area contributed by atoms with Gasteiger partial charge in [-0.2, -0.15) is 5.10 Å². The molecular formula is C14H19N3O5S. The number of aromatic nitrogens is 2. The summed E-state index contributed by atoms with van der Waals surface area (Å²) in [5.74, 6) is -0.870. The largest absolute Gasteiger partial charge is 0.461 e. The van der Waals surface area contributed by atoms with E-state index in [-0.39, 0.29) is 30.4 Å². The second-order valence-electron chi connectivity index (χ2n) is 6.08. The minimum atomic E-state index is -3.20. The zero-order valence-electron chi connectivity index (χ0n) is 13.1. The van der Waals surface area contributed by atoms with Crippen molar-refractivity contribution in [2.24, 2.45) is 0 Å². The van der Waals surface area contributed by atoms with Gasteiger partial charge in [-0.05, 0) is 26.2 Å². The first-order chi connectivity index (χ1) is 10.8. The summed E-state index contributed by atoms with van der Waals surface area (Å²) in [5.41, 5.74) is 0.941. The molecule has 1 aromatic rings. The quantitative estimate of drug-likeness (QED) is 0.764. The number of nitrogens with zero attached hydrogens (tertiary/aromatic N) is 2. The van der Waals surface area contributed by atoms with Crippen LogP contribution in [-0.2, 0) is 21.0 Å². The van der Waals surface area contributed by atoms with Crippen molar-refractivity contribution in [3.8, 4) is 0 Å². The monoisotopic (exact) mass is 341 g/mol. The standard InChI is InChI=1S/C14H19N3O5S/c1-3-22-13(19)11-9-4-7-17(12(18)10(9)15-16-11)8-14(5-6-14)23(2,20)21/h3-8H2,1-2H3,(H,15,16). The average molecular weight is 341 g/mol. The molecule has 0 saturated heterocycles. The lowest BCUT2D eigenvalue weighted by molar-refractivity contribution is 0.0518. The number of fused-ring (bicyclic) bond motifs is 1. The molecule has 1 fully saturated rings. The van der Waals surface area contributed by atoms with Crippen molar-refractivity contribution >= 4 is 21.7 Å². The molecule has 0 radical (unpaired) electrons. The van der Waals surface area contributed by atoms with Crippen LogP contribution >= 0.6 is 0 Å². The van der Waals surface area contributed by atoms with Crippen LogP contribution in [0.25, 0.3) is 0 Å².